The second kappa shape index (κ2) is 7.44. The van der Waals surface area contributed by atoms with E-state index in [9.17, 15) is 4.79 Å². The minimum absolute atomic E-state index is 0.0450. The number of methoxy groups -OCH3 is 1. The number of aryl methyl sites for hydroxylation is 1. The molecule has 0 aliphatic heterocycles. The first-order valence-corrected chi connectivity index (χ1v) is 6.93. The highest BCUT2D eigenvalue weighted by molar-refractivity contribution is 8.00. The van der Waals surface area contributed by atoms with Gasteiger partial charge in [0.15, 0.2) is 0 Å². The van der Waals surface area contributed by atoms with Crippen LogP contribution in [0.2, 0.25) is 0 Å². The standard InChI is InChI=1S/C14H21NO2S/c1-10-5-7-13(8-6-10)18-12(3)14(16)15-11(2)9-17-4/h5-8,11-12H,9H2,1-4H3,(H,15,16)/t11-,12-/m0/s1. The Balaban J connectivity index is 2.46. The molecule has 1 aromatic rings. The van der Waals surface area contributed by atoms with E-state index in [2.05, 4.69) is 24.4 Å². The van der Waals surface area contributed by atoms with Crippen LogP contribution in [-0.4, -0.2) is 30.9 Å². The molecule has 4 heteroatoms. The second-order valence-corrected chi connectivity index (χ2v) is 5.85. The van der Waals surface area contributed by atoms with Crippen molar-refractivity contribution in [3.8, 4) is 0 Å². The Labute approximate surface area is 113 Å². The van der Waals surface area contributed by atoms with Crippen LogP contribution in [-0.2, 0) is 9.53 Å². The summed E-state index contributed by atoms with van der Waals surface area (Å²) in [5, 5.41) is 2.82. The molecule has 18 heavy (non-hydrogen) atoms. The predicted molar refractivity (Wildman–Crippen MR) is 76.0 cm³/mol. The zero-order chi connectivity index (χ0) is 13.5. The number of thioether (sulfide) groups is 1. The Morgan fingerprint density at radius 2 is 1.94 bits per heavy atom. The number of nitrogens with one attached hydrogen (secondary N) is 1. The molecule has 0 fully saturated rings. The number of hydrogen-bond acceptors (Lipinski definition) is 3. The Kier molecular flexibility index (Phi) is 6.22. The van der Waals surface area contributed by atoms with Crippen molar-refractivity contribution in [3.63, 3.8) is 0 Å². The van der Waals surface area contributed by atoms with Crippen LogP contribution in [0.3, 0.4) is 0 Å². The summed E-state index contributed by atoms with van der Waals surface area (Å²) in [6, 6.07) is 8.25. The van der Waals surface area contributed by atoms with E-state index in [1.165, 1.54) is 5.56 Å². The lowest BCUT2D eigenvalue weighted by Crippen LogP contribution is -2.39. The summed E-state index contributed by atoms with van der Waals surface area (Å²) < 4.78 is 4.99. The minimum atomic E-state index is -0.105. The molecule has 0 saturated carbocycles. The van der Waals surface area contributed by atoms with E-state index in [0.29, 0.717) is 6.61 Å². The van der Waals surface area contributed by atoms with E-state index >= 15 is 0 Å². The maximum atomic E-state index is 11.9. The summed E-state index contributed by atoms with van der Waals surface area (Å²) in [5.74, 6) is 0.0464. The van der Waals surface area contributed by atoms with E-state index in [0.717, 1.165) is 4.90 Å². The molecule has 1 aromatic carbocycles. The number of amides is 1. The van der Waals surface area contributed by atoms with Crippen molar-refractivity contribution in [2.24, 2.45) is 0 Å². The van der Waals surface area contributed by atoms with Crippen molar-refractivity contribution in [1.82, 2.24) is 5.32 Å². The van der Waals surface area contributed by atoms with Crippen molar-refractivity contribution in [2.75, 3.05) is 13.7 Å². The van der Waals surface area contributed by atoms with Crippen molar-refractivity contribution in [2.45, 2.75) is 37.0 Å². The van der Waals surface area contributed by atoms with Gasteiger partial charge < -0.3 is 10.1 Å². The van der Waals surface area contributed by atoms with E-state index in [1.54, 1.807) is 18.9 Å². The lowest BCUT2D eigenvalue weighted by atomic mass is 10.2. The van der Waals surface area contributed by atoms with Gasteiger partial charge in [-0.15, -0.1) is 11.8 Å². The van der Waals surface area contributed by atoms with Crippen molar-refractivity contribution < 1.29 is 9.53 Å². The lowest BCUT2D eigenvalue weighted by Gasteiger charge is -2.16. The van der Waals surface area contributed by atoms with Crippen LogP contribution in [0.4, 0.5) is 0 Å². The van der Waals surface area contributed by atoms with Crippen LogP contribution in [0.1, 0.15) is 19.4 Å². The quantitative estimate of drug-likeness (QED) is 0.805. The summed E-state index contributed by atoms with van der Waals surface area (Å²) in [6.07, 6.45) is 0. The molecule has 2 atom stereocenters. The number of hydrogen-bond donors (Lipinski definition) is 1. The van der Waals surface area contributed by atoms with Crippen LogP contribution in [0.25, 0.3) is 0 Å². The monoisotopic (exact) mass is 267 g/mol. The molecule has 1 N–H and O–H groups in total. The summed E-state index contributed by atoms with van der Waals surface area (Å²) in [5.41, 5.74) is 1.23. The van der Waals surface area contributed by atoms with E-state index < -0.39 is 0 Å². The summed E-state index contributed by atoms with van der Waals surface area (Å²) in [4.78, 5) is 13.0. The molecule has 0 aliphatic carbocycles. The van der Waals surface area contributed by atoms with Crippen molar-refractivity contribution in [1.29, 1.82) is 0 Å². The summed E-state index contributed by atoms with van der Waals surface area (Å²) in [7, 11) is 1.63. The number of rotatable bonds is 6. The number of carbonyl (C=O) groups excluding carboxylic acids is 1. The zero-order valence-electron chi connectivity index (χ0n) is 11.4. The molecule has 1 rings (SSSR count). The third kappa shape index (κ3) is 5.10. The highest BCUT2D eigenvalue weighted by Gasteiger charge is 2.16. The first kappa shape index (κ1) is 15.1. The van der Waals surface area contributed by atoms with Gasteiger partial charge >= 0.3 is 0 Å². The van der Waals surface area contributed by atoms with Gasteiger partial charge in [-0.2, -0.15) is 0 Å². The van der Waals surface area contributed by atoms with Gasteiger partial charge in [0, 0.05) is 18.0 Å². The third-order valence-corrected chi connectivity index (χ3v) is 3.62. The van der Waals surface area contributed by atoms with Crippen LogP contribution < -0.4 is 5.32 Å². The Morgan fingerprint density at radius 1 is 1.33 bits per heavy atom. The molecule has 0 aromatic heterocycles. The molecule has 1 amide bonds. The van der Waals surface area contributed by atoms with E-state index in [4.69, 9.17) is 4.74 Å². The normalized spacial score (nSPS) is 14.0. The first-order chi connectivity index (χ1) is 8.52. The molecular formula is C14H21NO2S. The fourth-order valence-electron chi connectivity index (χ4n) is 1.53. The van der Waals surface area contributed by atoms with E-state index in [1.807, 2.05) is 26.0 Å². The molecule has 100 valence electrons. The minimum Gasteiger partial charge on any atom is -0.383 e. The maximum Gasteiger partial charge on any atom is 0.233 e. The Morgan fingerprint density at radius 3 is 2.50 bits per heavy atom. The van der Waals surface area contributed by atoms with Gasteiger partial charge in [0.1, 0.15) is 0 Å². The highest BCUT2D eigenvalue weighted by Crippen LogP contribution is 2.23. The van der Waals surface area contributed by atoms with Crippen LogP contribution in [0.5, 0.6) is 0 Å². The second-order valence-electron chi connectivity index (χ2n) is 4.44. The SMILES string of the molecule is COC[C@H](C)NC(=O)[C@H](C)Sc1ccc(C)cc1. The molecule has 0 aliphatic rings. The van der Waals surface area contributed by atoms with Gasteiger partial charge in [-0.05, 0) is 32.9 Å². The molecule has 0 unspecified atom stereocenters. The van der Waals surface area contributed by atoms with Gasteiger partial charge in [-0.25, -0.2) is 0 Å². The number of benzene rings is 1. The van der Waals surface area contributed by atoms with Crippen LogP contribution in [0, 0.1) is 6.92 Å². The molecule has 0 radical (unpaired) electrons. The van der Waals surface area contributed by atoms with Crippen LogP contribution >= 0.6 is 11.8 Å². The average Bonchev–Trinajstić information content (AvgIpc) is 2.32. The number of carbonyl (C=O) groups is 1. The molecule has 0 spiro atoms. The lowest BCUT2D eigenvalue weighted by molar-refractivity contribution is -0.121. The third-order valence-electron chi connectivity index (χ3n) is 2.51. The molecule has 0 bridgehead atoms. The molecular weight excluding hydrogens is 246 g/mol. The summed E-state index contributed by atoms with van der Waals surface area (Å²) >= 11 is 1.57. The van der Waals surface area contributed by atoms with Gasteiger partial charge in [0.2, 0.25) is 5.91 Å². The Bertz CT molecular complexity index is 378. The van der Waals surface area contributed by atoms with Gasteiger partial charge in [0.05, 0.1) is 11.9 Å². The molecule has 3 nitrogen and oxygen atoms in total. The largest absolute Gasteiger partial charge is 0.383 e. The van der Waals surface area contributed by atoms with Gasteiger partial charge in [0.25, 0.3) is 0 Å². The highest BCUT2D eigenvalue weighted by atomic mass is 32.2. The zero-order valence-corrected chi connectivity index (χ0v) is 12.2. The predicted octanol–water partition coefficient (Wildman–Crippen LogP) is 2.63. The maximum absolute atomic E-state index is 11.9. The van der Waals surface area contributed by atoms with Gasteiger partial charge in [-0.3, -0.25) is 4.79 Å². The van der Waals surface area contributed by atoms with Crippen molar-refractivity contribution >= 4 is 17.7 Å². The van der Waals surface area contributed by atoms with Gasteiger partial charge in [-0.1, -0.05) is 17.7 Å². The molecule has 0 saturated heterocycles. The fraction of sp³-hybridized carbons (Fsp3) is 0.500. The first-order valence-electron chi connectivity index (χ1n) is 6.05. The fourth-order valence-corrected chi connectivity index (χ4v) is 2.40. The topological polar surface area (TPSA) is 38.3 Å². The Hall–Kier alpha value is -1.00. The summed E-state index contributed by atoms with van der Waals surface area (Å²) in [6.45, 7) is 6.44. The van der Waals surface area contributed by atoms with Crippen molar-refractivity contribution in [3.05, 3.63) is 29.8 Å². The van der Waals surface area contributed by atoms with E-state index in [-0.39, 0.29) is 17.2 Å². The van der Waals surface area contributed by atoms with Crippen LogP contribution in [0.15, 0.2) is 29.2 Å². The molecule has 0 heterocycles. The smallest absolute Gasteiger partial charge is 0.233 e. The average molecular weight is 267 g/mol. The number of ether oxygens (including phenoxy) is 1.